The van der Waals surface area contributed by atoms with Crippen molar-refractivity contribution in [3.63, 3.8) is 0 Å². The van der Waals surface area contributed by atoms with Crippen LogP contribution in [0.25, 0.3) is 0 Å². The maximum atomic E-state index is 13.3. The third-order valence-electron chi connectivity index (χ3n) is 5.30. The van der Waals surface area contributed by atoms with Gasteiger partial charge in [0.1, 0.15) is 11.0 Å². The Morgan fingerprint density at radius 3 is 2.26 bits per heavy atom. The minimum absolute atomic E-state index is 0.305. The van der Waals surface area contributed by atoms with E-state index in [-0.39, 0.29) is 5.91 Å². The van der Waals surface area contributed by atoms with Gasteiger partial charge in [0.05, 0.1) is 18.8 Å². The molecule has 1 aromatic heterocycles. The van der Waals surface area contributed by atoms with Crippen molar-refractivity contribution in [2.24, 2.45) is 5.73 Å². The van der Waals surface area contributed by atoms with Gasteiger partial charge in [0.2, 0.25) is 11.8 Å². The Kier molecular flexibility index (Phi) is 8.75. The van der Waals surface area contributed by atoms with Gasteiger partial charge in [-0.25, -0.2) is 9.78 Å². The first-order chi connectivity index (χ1) is 16.4. The zero-order valence-electron chi connectivity index (χ0n) is 19.1. The number of ether oxygens (including phenoxy) is 1. The van der Waals surface area contributed by atoms with E-state index in [9.17, 15) is 14.4 Å². The second kappa shape index (κ2) is 11.9. The molecule has 0 aliphatic heterocycles. The number of nitrogens with zero attached hydrogens (tertiary/aromatic N) is 1. The quantitative estimate of drug-likeness (QED) is 0.411. The highest BCUT2D eigenvalue weighted by atomic mass is 32.1. The molecule has 0 saturated carbocycles. The normalized spacial score (nSPS) is 12.4. The number of aryl methyl sites for hydroxylation is 1. The number of hydrogen-bond donors (Lipinski definition) is 3. The molecule has 4 N–H and O–H groups in total. The van der Waals surface area contributed by atoms with E-state index >= 15 is 0 Å². The molecule has 8 nitrogen and oxygen atoms in total. The Labute approximate surface area is 202 Å². The Morgan fingerprint density at radius 2 is 1.68 bits per heavy atom. The van der Waals surface area contributed by atoms with Crippen LogP contribution < -0.4 is 16.4 Å². The topological polar surface area (TPSA) is 123 Å². The van der Waals surface area contributed by atoms with E-state index in [2.05, 4.69) is 15.6 Å². The van der Waals surface area contributed by atoms with Crippen LogP contribution in [-0.2, 0) is 28.8 Å². The summed E-state index contributed by atoms with van der Waals surface area (Å²) in [7, 11) is 1.26. The SMILES string of the molecule is CCc1csc([C@H](Cc2ccc(C(N)=O)cc2)NC(=O)[C@H](Cc2ccccc2)NC(=O)OC)n1. The first-order valence-corrected chi connectivity index (χ1v) is 11.8. The fraction of sp³-hybridized carbons (Fsp3) is 0.280. The molecule has 3 aromatic rings. The van der Waals surface area contributed by atoms with Gasteiger partial charge in [-0.1, -0.05) is 49.4 Å². The second-order valence-corrected chi connectivity index (χ2v) is 8.63. The van der Waals surface area contributed by atoms with Crippen LogP contribution >= 0.6 is 11.3 Å². The number of amides is 3. The molecule has 3 rings (SSSR count). The number of nitrogens with one attached hydrogen (secondary N) is 2. The van der Waals surface area contributed by atoms with E-state index in [0.29, 0.717) is 18.4 Å². The summed E-state index contributed by atoms with van der Waals surface area (Å²) in [5, 5.41) is 8.42. The van der Waals surface area contributed by atoms with Gasteiger partial charge >= 0.3 is 6.09 Å². The Morgan fingerprint density at radius 1 is 1.00 bits per heavy atom. The van der Waals surface area contributed by atoms with Crippen molar-refractivity contribution in [1.29, 1.82) is 0 Å². The zero-order valence-corrected chi connectivity index (χ0v) is 19.9. The van der Waals surface area contributed by atoms with Crippen LogP contribution in [0.2, 0.25) is 0 Å². The summed E-state index contributed by atoms with van der Waals surface area (Å²) in [6.07, 6.45) is 0.861. The average molecular weight is 481 g/mol. The van der Waals surface area contributed by atoms with Crippen LogP contribution in [0.15, 0.2) is 60.0 Å². The lowest BCUT2D eigenvalue weighted by atomic mass is 10.0. The second-order valence-electron chi connectivity index (χ2n) is 7.74. The van der Waals surface area contributed by atoms with Gasteiger partial charge in [0, 0.05) is 17.4 Å². The van der Waals surface area contributed by atoms with E-state index in [1.807, 2.05) is 54.8 Å². The van der Waals surface area contributed by atoms with Gasteiger partial charge < -0.3 is 21.1 Å². The summed E-state index contributed by atoms with van der Waals surface area (Å²) in [5.41, 5.74) is 8.50. The fourth-order valence-electron chi connectivity index (χ4n) is 3.42. The molecule has 0 fully saturated rings. The molecule has 0 unspecified atom stereocenters. The summed E-state index contributed by atoms with van der Waals surface area (Å²) in [4.78, 5) is 41.3. The average Bonchev–Trinajstić information content (AvgIpc) is 3.33. The Balaban J connectivity index is 1.83. The molecule has 34 heavy (non-hydrogen) atoms. The number of carbonyl (C=O) groups is 3. The van der Waals surface area contributed by atoms with Crippen molar-refractivity contribution in [2.45, 2.75) is 38.3 Å². The van der Waals surface area contributed by atoms with Gasteiger partial charge in [0.25, 0.3) is 0 Å². The number of benzene rings is 2. The van der Waals surface area contributed by atoms with Gasteiger partial charge in [-0.15, -0.1) is 11.3 Å². The standard InChI is InChI=1S/C25H28N4O4S/c1-3-19-15-34-24(27-19)21(14-17-9-11-18(12-10-17)22(26)30)28-23(31)20(29-25(32)33-2)13-16-7-5-4-6-8-16/h4-12,15,20-21H,3,13-14H2,1-2H3,(H2,26,30)(H,28,31)(H,29,32)/t20-,21-/m0/s1. The molecule has 1 heterocycles. The Hall–Kier alpha value is -3.72. The summed E-state index contributed by atoms with van der Waals surface area (Å²) in [5.74, 6) is -0.845. The van der Waals surface area contributed by atoms with Crippen LogP contribution in [0.5, 0.6) is 0 Å². The van der Waals surface area contributed by atoms with Crippen LogP contribution in [-0.4, -0.2) is 36.0 Å². The van der Waals surface area contributed by atoms with Gasteiger partial charge in [-0.3, -0.25) is 9.59 Å². The van der Waals surface area contributed by atoms with Crippen LogP contribution in [0.4, 0.5) is 4.79 Å². The fourth-order valence-corrected chi connectivity index (χ4v) is 4.37. The summed E-state index contributed by atoms with van der Waals surface area (Å²) in [6, 6.07) is 15.1. The van der Waals surface area contributed by atoms with Crippen molar-refractivity contribution in [3.05, 3.63) is 87.4 Å². The predicted molar refractivity (Wildman–Crippen MR) is 131 cm³/mol. The molecule has 0 saturated heterocycles. The number of alkyl carbamates (subject to hydrolysis) is 1. The van der Waals surface area contributed by atoms with Gasteiger partial charge in [0.15, 0.2) is 0 Å². The van der Waals surface area contributed by atoms with Gasteiger partial charge in [-0.2, -0.15) is 0 Å². The molecule has 2 aromatic carbocycles. The molecular formula is C25H28N4O4S. The number of aromatic nitrogens is 1. The molecule has 0 spiro atoms. The van der Waals surface area contributed by atoms with E-state index in [0.717, 1.165) is 28.2 Å². The van der Waals surface area contributed by atoms with E-state index in [4.69, 9.17) is 10.5 Å². The molecule has 9 heteroatoms. The molecule has 2 atom stereocenters. The highest BCUT2D eigenvalue weighted by Crippen LogP contribution is 2.23. The van der Waals surface area contributed by atoms with Crippen LogP contribution in [0.3, 0.4) is 0 Å². The largest absolute Gasteiger partial charge is 0.453 e. The summed E-state index contributed by atoms with van der Waals surface area (Å²) < 4.78 is 4.72. The zero-order chi connectivity index (χ0) is 24.5. The van der Waals surface area contributed by atoms with Crippen molar-refractivity contribution in [2.75, 3.05) is 7.11 Å². The number of primary amides is 1. The third-order valence-corrected chi connectivity index (χ3v) is 6.31. The van der Waals surface area contributed by atoms with E-state index in [1.165, 1.54) is 18.4 Å². The first-order valence-electron chi connectivity index (χ1n) is 10.9. The minimum atomic E-state index is -0.833. The summed E-state index contributed by atoms with van der Waals surface area (Å²) >= 11 is 1.47. The van der Waals surface area contributed by atoms with Crippen molar-refractivity contribution >= 4 is 29.2 Å². The molecule has 178 valence electrons. The lowest BCUT2D eigenvalue weighted by Crippen LogP contribution is -2.49. The number of carbonyl (C=O) groups excluding carboxylic acids is 3. The lowest BCUT2D eigenvalue weighted by Gasteiger charge is -2.22. The number of methoxy groups -OCH3 is 1. The number of thiazole rings is 1. The van der Waals surface area contributed by atoms with Crippen LogP contribution in [0.1, 0.15) is 45.2 Å². The van der Waals surface area contributed by atoms with Crippen molar-refractivity contribution < 1.29 is 19.1 Å². The van der Waals surface area contributed by atoms with E-state index < -0.39 is 24.1 Å². The van der Waals surface area contributed by atoms with Gasteiger partial charge in [-0.05, 0) is 36.1 Å². The maximum absolute atomic E-state index is 13.3. The molecule has 0 aliphatic carbocycles. The molecule has 3 amide bonds. The minimum Gasteiger partial charge on any atom is -0.453 e. The molecule has 0 bridgehead atoms. The van der Waals surface area contributed by atoms with Crippen LogP contribution in [0, 0.1) is 0 Å². The molecule has 0 radical (unpaired) electrons. The van der Waals surface area contributed by atoms with E-state index in [1.54, 1.807) is 12.1 Å². The summed E-state index contributed by atoms with van der Waals surface area (Å²) in [6.45, 7) is 2.02. The highest BCUT2D eigenvalue weighted by molar-refractivity contribution is 7.09. The molecular weight excluding hydrogens is 452 g/mol. The van der Waals surface area contributed by atoms with Crippen molar-refractivity contribution in [3.8, 4) is 0 Å². The smallest absolute Gasteiger partial charge is 0.407 e. The molecule has 0 aliphatic rings. The highest BCUT2D eigenvalue weighted by Gasteiger charge is 2.26. The Bertz CT molecular complexity index is 1120. The number of nitrogens with two attached hydrogens (primary N) is 1. The third kappa shape index (κ3) is 6.89. The first kappa shape index (κ1) is 24.9. The lowest BCUT2D eigenvalue weighted by molar-refractivity contribution is -0.123. The number of hydrogen-bond acceptors (Lipinski definition) is 6. The number of rotatable bonds is 10. The van der Waals surface area contributed by atoms with Crippen molar-refractivity contribution in [1.82, 2.24) is 15.6 Å². The monoisotopic (exact) mass is 480 g/mol. The predicted octanol–water partition coefficient (Wildman–Crippen LogP) is 3.17. The maximum Gasteiger partial charge on any atom is 0.407 e.